The predicted octanol–water partition coefficient (Wildman–Crippen LogP) is 11.2. The lowest BCUT2D eigenvalue weighted by Crippen LogP contribution is -2.10. The molecule has 1 heterocycles. The third-order valence-corrected chi connectivity index (χ3v) is 8.17. The molecule has 0 radical (unpaired) electrons. The molecule has 42 heavy (non-hydrogen) atoms. The molecule has 2 heteroatoms. The largest absolute Gasteiger partial charge is 0.317 e. The fraction of sp³-hybridized carbons (Fsp3) is 0.100. The molecule has 0 saturated carbocycles. The Balaban J connectivity index is 1.31. The molecule has 0 atom stereocenters. The predicted molar refractivity (Wildman–Crippen MR) is 180 cm³/mol. The summed E-state index contributed by atoms with van der Waals surface area (Å²) < 4.78 is 2.28. The van der Waals surface area contributed by atoms with E-state index in [4.69, 9.17) is 0 Å². The number of hydrogen-bond donors (Lipinski definition) is 0. The van der Waals surface area contributed by atoms with Gasteiger partial charge in [0.1, 0.15) is 0 Å². The Morgan fingerprint density at radius 3 is 1.79 bits per heavy atom. The number of hydrogen-bond acceptors (Lipinski definition) is 1. The van der Waals surface area contributed by atoms with Crippen LogP contribution in [0.5, 0.6) is 0 Å². The summed E-state index contributed by atoms with van der Waals surface area (Å²) in [6, 6.07) is 52.7. The van der Waals surface area contributed by atoms with Crippen molar-refractivity contribution in [3.63, 3.8) is 0 Å². The third kappa shape index (κ3) is 4.86. The lowest BCUT2D eigenvalue weighted by molar-refractivity contribution is 0.590. The zero-order chi connectivity index (χ0) is 28.7. The summed E-state index contributed by atoms with van der Waals surface area (Å²) in [5, 5.41) is 3.68. The van der Waals surface area contributed by atoms with Gasteiger partial charge in [0, 0.05) is 34.3 Å². The minimum Gasteiger partial charge on any atom is -0.317 e. The highest BCUT2D eigenvalue weighted by Crippen LogP contribution is 2.38. The fourth-order valence-corrected chi connectivity index (χ4v) is 5.81. The summed E-state index contributed by atoms with van der Waals surface area (Å²) in [6.07, 6.45) is 2.18. The summed E-state index contributed by atoms with van der Waals surface area (Å²) >= 11 is 0. The van der Waals surface area contributed by atoms with Crippen molar-refractivity contribution in [1.29, 1.82) is 0 Å². The van der Waals surface area contributed by atoms with E-state index in [1.165, 1.54) is 44.1 Å². The molecule has 0 saturated heterocycles. The Morgan fingerprint density at radius 1 is 0.476 bits per heavy atom. The van der Waals surface area contributed by atoms with Crippen LogP contribution in [0.3, 0.4) is 0 Å². The van der Waals surface area contributed by atoms with Gasteiger partial charge in [-0.1, -0.05) is 106 Å². The number of nitrogens with zero attached hydrogens (tertiary/aromatic N) is 2. The maximum Gasteiger partial charge on any atom is 0.0529 e. The van der Waals surface area contributed by atoms with E-state index in [0.29, 0.717) is 0 Å². The van der Waals surface area contributed by atoms with E-state index < -0.39 is 0 Å². The van der Waals surface area contributed by atoms with Gasteiger partial charge in [-0.3, -0.25) is 0 Å². The minimum absolute atomic E-state index is 0.137. The molecule has 0 aliphatic carbocycles. The van der Waals surface area contributed by atoms with Crippen LogP contribution in [0, 0.1) is 0 Å². The molecule has 0 aliphatic rings. The molecule has 0 spiro atoms. The van der Waals surface area contributed by atoms with E-state index in [-0.39, 0.29) is 5.41 Å². The van der Waals surface area contributed by atoms with E-state index >= 15 is 0 Å². The lowest BCUT2D eigenvalue weighted by atomic mass is 9.87. The number of aromatic nitrogens is 1. The van der Waals surface area contributed by atoms with Crippen molar-refractivity contribution >= 4 is 38.7 Å². The van der Waals surface area contributed by atoms with Crippen LogP contribution in [0.25, 0.3) is 38.5 Å². The highest BCUT2D eigenvalue weighted by atomic mass is 15.1. The highest BCUT2D eigenvalue weighted by Gasteiger charge is 2.16. The van der Waals surface area contributed by atoms with Crippen molar-refractivity contribution in [1.82, 2.24) is 4.57 Å². The summed E-state index contributed by atoms with van der Waals surface area (Å²) in [7, 11) is 0. The molecule has 0 unspecified atom stereocenters. The number of rotatable bonds is 5. The van der Waals surface area contributed by atoms with Crippen molar-refractivity contribution in [2.75, 3.05) is 4.90 Å². The van der Waals surface area contributed by atoms with Crippen LogP contribution in [-0.4, -0.2) is 4.57 Å². The van der Waals surface area contributed by atoms with Crippen LogP contribution in [0.15, 0.2) is 152 Å². The molecule has 204 valence electrons. The SMILES string of the molecule is CC(C)(C)c1ccc(-n2ccc3cc(N(c4ccc(-c5ccccc5)cc4)c4ccc5ccccc5c4)ccc32)cc1. The van der Waals surface area contributed by atoms with Crippen molar-refractivity contribution < 1.29 is 0 Å². The summed E-state index contributed by atoms with van der Waals surface area (Å²) in [6.45, 7) is 6.77. The number of benzene rings is 6. The smallest absolute Gasteiger partial charge is 0.0529 e. The Hall–Kier alpha value is -5.08. The van der Waals surface area contributed by atoms with E-state index in [0.717, 1.165) is 17.1 Å². The molecule has 0 fully saturated rings. The summed E-state index contributed by atoms with van der Waals surface area (Å²) in [5.41, 5.74) is 9.67. The van der Waals surface area contributed by atoms with Gasteiger partial charge in [-0.2, -0.15) is 0 Å². The van der Waals surface area contributed by atoms with Crippen LogP contribution >= 0.6 is 0 Å². The Labute approximate surface area is 248 Å². The van der Waals surface area contributed by atoms with Gasteiger partial charge in [-0.25, -0.2) is 0 Å². The second-order valence-electron chi connectivity index (χ2n) is 12.0. The Bertz CT molecular complexity index is 1990. The van der Waals surface area contributed by atoms with Gasteiger partial charge in [0.05, 0.1) is 5.52 Å². The topological polar surface area (TPSA) is 8.17 Å². The quantitative estimate of drug-likeness (QED) is 0.210. The van der Waals surface area contributed by atoms with Gasteiger partial charge < -0.3 is 9.47 Å². The zero-order valence-corrected chi connectivity index (χ0v) is 24.3. The van der Waals surface area contributed by atoms with Crippen molar-refractivity contribution in [3.8, 4) is 16.8 Å². The van der Waals surface area contributed by atoms with E-state index in [1.807, 2.05) is 0 Å². The van der Waals surface area contributed by atoms with E-state index in [1.54, 1.807) is 0 Å². The van der Waals surface area contributed by atoms with Crippen molar-refractivity contribution in [3.05, 3.63) is 157 Å². The van der Waals surface area contributed by atoms with E-state index in [9.17, 15) is 0 Å². The average Bonchev–Trinajstić information content (AvgIpc) is 3.45. The molecule has 7 aromatic rings. The maximum atomic E-state index is 2.36. The zero-order valence-electron chi connectivity index (χ0n) is 24.3. The molecule has 0 aliphatic heterocycles. The number of fused-ring (bicyclic) bond motifs is 2. The van der Waals surface area contributed by atoms with Crippen LogP contribution in [0.2, 0.25) is 0 Å². The molecular formula is C40H34N2. The second-order valence-corrected chi connectivity index (χ2v) is 12.0. The Morgan fingerprint density at radius 2 is 1.07 bits per heavy atom. The van der Waals surface area contributed by atoms with Crippen molar-refractivity contribution in [2.24, 2.45) is 0 Å². The Kier molecular flexibility index (Phi) is 6.40. The molecule has 0 N–H and O–H groups in total. The summed E-state index contributed by atoms with van der Waals surface area (Å²) in [5.74, 6) is 0. The van der Waals surface area contributed by atoms with Gasteiger partial charge in [-0.15, -0.1) is 0 Å². The standard InChI is InChI=1S/C40H34N2/c1-40(2,3)34-16-21-35(22-17-34)41-26-25-33-28-38(23-24-39(33)41)42(37-20-15-30-11-7-8-12-32(30)27-37)36-18-13-31(14-19-36)29-9-5-4-6-10-29/h4-28H,1-3H3. The molecule has 7 rings (SSSR count). The van der Waals surface area contributed by atoms with Gasteiger partial charge in [0.2, 0.25) is 0 Å². The van der Waals surface area contributed by atoms with Crippen LogP contribution in [-0.2, 0) is 5.41 Å². The summed E-state index contributed by atoms with van der Waals surface area (Å²) in [4.78, 5) is 2.36. The molecule has 0 bridgehead atoms. The van der Waals surface area contributed by atoms with Crippen LogP contribution in [0.4, 0.5) is 17.1 Å². The maximum absolute atomic E-state index is 2.36. The first-order chi connectivity index (χ1) is 20.4. The van der Waals surface area contributed by atoms with Gasteiger partial charge in [-0.05, 0) is 93.5 Å². The molecular weight excluding hydrogens is 508 g/mol. The van der Waals surface area contributed by atoms with E-state index in [2.05, 4.69) is 182 Å². The highest BCUT2D eigenvalue weighted by molar-refractivity contribution is 5.92. The first kappa shape index (κ1) is 25.9. The van der Waals surface area contributed by atoms with Gasteiger partial charge >= 0.3 is 0 Å². The first-order valence-electron chi connectivity index (χ1n) is 14.6. The monoisotopic (exact) mass is 542 g/mol. The van der Waals surface area contributed by atoms with Crippen LogP contribution < -0.4 is 4.90 Å². The molecule has 1 aromatic heterocycles. The van der Waals surface area contributed by atoms with Crippen LogP contribution in [0.1, 0.15) is 26.3 Å². The number of anilines is 3. The molecule has 0 amide bonds. The van der Waals surface area contributed by atoms with Gasteiger partial charge in [0.25, 0.3) is 0 Å². The normalized spacial score (nSPS) is 11.7. The lowest BCUT2D eigenvalue weighted by Gasteiger charge is -2.26. The average molecular weight is 543 g/mol. The minimum atomic E-state index is 0.137. The molecule has 2 nitrogen and oxygen atoms in total. The first-order valence-corrected chi connectivity index (χ1v) is 14.6. The molecule has 6 aromatic carbocycles. The van der Waals surface area contributed by atoms with Crippen molar-refractivity contribution in [2.45, 2.75) is 26.2 Å². The second kappa shape index (κ2) is 10.4. The fourth-order valence-electron chi connectivity index (χ4n) is 5.81. The van der Waals surface area contributed by atoms with Gasteiger partial charge in [0.15, 0.2) is 0 Å². The third-order valence-electron chi connectivity index (χ3n) is 8.17.